The molecule has 17 heavy (non-hydrogen) atoms. The molecule has 0 amide bonds. The molecule has 0 saturated heterocycles. The molecular formula is C13H25N3S. The zero-order valence-corrected chi connectivity index (χ0v) is 12.3. The van der Waals surface area contributed by atoms with E-state index in [1.807, 2.05) is 18.0 Å². The van der Waals surface area contributed by atoms with Gasteiger partial charge in [0.25, 0.3) is 0 Å². The summed E-state index contributed by atoms with van der Waals surface area (Å²) in [5.74, 6) is 2.95. The normalized spacial score (nSPS) is 14.8. The first-order valence-electron chi connectivity index (χ1n) is 6.47. The van der Waals surface area contributed by atoms with Crippen LogP contribution in [0.5, 0.6) is 0 Å². The van der Waals surface area contributed by atoms with E-state index in [4.69, 9.17) is 0 Å². The van der Waals surface area contributed by atoms with Gasteiger partial charge in [-0.3, -0.25) is 0 Å². The van der Waals surface area contributed by atoms with Gasteiger partial charge in [-0.2, -0.15) is 11.8 Å². The van der Waals surface area contributed by atoms with Crippen molar-refractivity contribution in [1.82, 2.24) is 14.9 Å². The summed E-state index contributed by atoms with van der Waals surface area (Å²) in [6.07, 6.45) is 7.33. The highest BCUT2D eigenvalue weighted by atomic mass is 32.2. The number of hydrogen-bond donors (Lipinski definition) is 1. The number of imidazole rings is 1. The van der Waals surface area contributed by atoms with Gasteiger partial charge in [0, 0.05) is 18.9 Å². The minimum atomic E-state index is 0.369. The largest absolute Gasteiger partial charge is 0.334 e. The molecule has 0 fully saturated rings. The maximum Gasteiger partial charge on any atom is 0.126 e. The lowest BCUT2D eigenvalue weighted by molar-refractivity contribution is 0.392. The molecular weight excluding hydrogens is 230 g/mol. The van der Waals surface area contributed by atoms with Gasteiger partial charge in [0.2, 0.25) is 0 Å². The van der Waals surface area contributed by atoms with Crippen LogP contribution in [-0.2, 0) is 6.54 Å². The van der Waals surface area contributed by atoms with Gasteiger partial charge in [-0.15, -0.1) is 0 Å². The van der Waals surface area contributed by atoms with E-state index in [0.717, 1.165) is 25.3 Å². The molecule has 0 aliphatic heterocycles. The van der Waals surface area contributed by atoms with Crippen molar-refractivity contribution in [1.29, 1.82) is 0 Å². The van der Waals surface area contributed by atoms with Crippen molar-refractivity contribution in [3.8, 4) is 0 Å². The molecule has 0 spiro atoms. The maximum absolute atomic E-state index is 4.55. The van der Waals surface area contributed by atoms with Crippen molar-refractivity contribution < 1.29 is 0 Å². The number of thioether (sulfide) groups is 1. The average molecular weight is 255 g/mol. The van der Waals surface area contributed by atoms with Gasteiger partial charge in [0.05, 0.1) is 6.04 Å². The highest BCUT2D eigenvalue weighted by molar-refractivity contribution is 7.98. The minimum absolute atomic E-state index is 0.369. The highest BCUT2D eigenvalue weighted by Crippen LogP contribution is 2.23. The second kappa shape index (κ2) is 7.77. The van der Waals surface area contributed by atoms with E-state index in [-0.39, 0.29) is 0 Å². The fourth-order valence-electron chi connectivity index (χ4n) is 2.16. The van der Waals surface area contributed by atoms with Gasteiger partial charge in [-0.25, -0.2) is 4.98 Å². The smallest absolute Gasteiger partial charge is 0.126 e. The predicted octanol–water partition coefficient (Wildman–Crippen LogP) is 2.94. The van der Waals surface area contributed by atoms with E-state index >= 15 is 0 Å². The molecule has 98 valence electrons. The molecule has 1 aromatic rings. The Kier molecular flexibility index (Phi) is 6.66. The summed E-state index contributed by atoms with van der Waals surface area (Å²) in [6, 6.07) is 0.369. The Morgan fingerprint density at radius 1 is 1.47 bits per heavy atom. The third-order valence-corrected chi connectivity index (χ3v) is 3.77. The highest BCUT2D eigenvalue weighted by Gasteiger charge is 2.22. The van der Waals surface area contributed by atoms with Crippen molar-refractivity contribution >= 4 is 11.8 Å². The SMILES string of the molecule is CCCn1ccnc1C(NCC)C(C)CSC. The molecule has 0 aromatic carbocycles. The van der Waals surface area contributed by atoms with E-state index in [1.54, 1.807) is 0 Å². The number of nitrogens with one attached hydrogen (secondary N) is 1. The average Bonchev–Trinajstić information content (AvgIpc) is 2.75. The lowest BCUT2D eigenvalue weighted by Gasteiger charge is -2.24. The van der Waals surface area contributed by atoms with Crippen LogP contribution in [0.15, 0.2) is 12.4 Å². The van der Waals surface area contributed by atoms with Crippen LogP contribution in [0.25, 0.3) is 0 Å². The number of rotatable bonds is 8. The van der Waals surface area contributed by atoms with Crippen LogP contribution >= 0.6 is 11.8 Å². The Labute approximate surface area is 109 Å². The van der Waals surface area contributed by atoms with Crippen molar-refractivity contribution in [2.75, 3.05) is 18.6 Å². The minimum Gasteiger partial charge on any atom is -0.334 e. The summed E-state index contributed by atoms with van der Waals surface area (Å²) in [6.45, 7) is 8.71. The van der Waals surface area contributed by atoms with Crippen molar-refractivity contribution in [2.24, 2.45) is 5.92 Å². The molecule has 2 atom stereocenters. The molecule has 0 aliphatic carbocycles. The van der Waals surface area contributed by atoms with E-state index in [0.29, 0.717) is 12.0 Å². The van der Waals surface area contributed by atoms with Gasteiger partial charge < -0.3 is 9.88 Å². The van der Waals surface area contributed by atoms with Crippen LogP contribution in [0, 0.1) is 5.92 Å². The van der Waals surface area contributed by atoms with Gasteiger partial charge in [-0.05, 0) is 30.9 Å². The lowest BCUT2D eigenvalue weighted by atomic mass is 10.0. The molecule has 0 radical (unpaired) electrons. The second-order valence-electron chi connectivity index (χ2n) is 4.45. The Balaban J connectivity index is 2.84. The van der Waals surface area contributed by atoms with E-state index < -0.39 is 0 Å². The number of aromatic nitrogens is 2. The van der Waals surface area contributed by atoms with Crippen LogP contribution in [0.1, 0.15) is 39.1 Å². The van der Waals surface area contributed by atoms with Crippen LogP contribution in [0.3, 0.4) is 0 Å². The van der Waals surface area contributed by atoms with Gasteiger partial charge in [-0.1, -0.05) is 20.8 Å². The molecule has 1 rings (SSSR count). The van der Waals surface area contributed by atoms with Crippen LogP contribution in [-0.4, -0.2) is 28.1 Å². The summed E-state index contributed by atoms with van der Waals surface area (Å²) in [4.78, 5) is 4.55. The molecule has 4 heteroatoms. The molecule has 1 heterocycles. The molecule has 0 aliphatic rings. The molecule has 1 N–H and O–H groups in total. The Bertz CT molecular complexity index is 311. The fourth-order valence-corrected chi connectivity index (χ4v) is 2.87. The van der Waals surface area contributed by atoms with E-state index in [9.17, 15) is 0 Å². The van der Waals surface area contributed by atoms with Gasteiger partial charge in [0.15, 0.2) is 0 Å². The standard InChI is InChI=1S/C13H25N3S/c1-5-8-16-9-7-15-13(16)12(14-6-2)11(3)10-17-4/h7,9,11-12,14H,5-6,8,10H2,1-4H3. The maximum atomic E-state index is 4.55. The molecule has 0 bridgehead atoms. The summed E-state index contributed by atoms with van der Waals surface area (Å²) in [7, 11) is 0. The van der Waals surface area contributed by atoms with Crippen LogP contribution in [0.2, 0.25) is 0 Å². The summed E-state index contributed by atoms with van der Waals surface area (Å²) >= 11 is 1.90. The second-order valence-corrected chi connectivity index (χ2v) is 5.36. The summed E-state index contributed by atoms with van der Waals surface area (Å²) in [5.41, 5.74) is 0. The molecule has 2 unspecified atom stereocenters. The summed E-state index contributed by atoms with van der Waals surface area (Å²) in [5, 5.41) is 3.57. The first-order chi connectivity index (χ1) is 8.24. The Morgan fingerprint density at radius 2 is 2.24 bits per heavy atom. The van der Waals surface area contributed by atoms with Gasteiger partial charge >= 0.3 is 0 Å². The fraction of sp³-hybridized carbons (Fsp3) is 0.769. The monoisotopic (exact) mass is 255 g/mol. The van der Waals surface area contributed by atoms with Crippen LogP contribution in [0.4, 0.5) is 0 Å². The molecule has 0 saturated carbocycles. The lowest BCUT2D eigenvalue weighted by Crippen LogP contribution is -2.30. The number of aryl methyl sites for hydroxylation is 1. The van der Waals surface area contributed by atoms with Crippen LogP contribution < -0.4 is 5.32 Å². The first kappa shape index (κ1) is 14.6. The Hall–Kier alpha value is -0.480. The third kappa shape index (κ3) is 4.03. The molecule has 3 nitrogen and oxygen atoms in total. The number of hydrogen-bond acceptors (Lipinski definition) is 3. The van der Waals surface area contributed by atoms with Crippen molar-refractivity contribution in [3.05, 3.63) is 18.2 Å². The predicted molar refractivity (Wildman–Crippen MR) is 76.5 cm³/mol. The Morgan fingerprint density at radius 3 is 2.82 bits per heavy atom. The quantitative estimate of drug-likeness (QED) is 0.774. The third-order valence-electron chi connectivity index (χ3n) is 2.91. The molecule has 1 aromatic heterocycles. The number of nitrogens with zero attached hydrogens (tertiary/aromatic N) is 2. The van der Waals surface area contributed by atoms with Crippen molar-refractivity contribution in [3.63, 3.8) is 0 Å². The van der Waals surface area contributed by atoms with E-state index in [1.165, 1.54) is 5.82 Å². The topological polar surface area (TPSA) is 29.9 Å². The first-order valence-corrected chi connectivity index (χ1v) is 7.87. The summed E-state index contributed by atoms with van der Waals surface area (Å²) < 4.78 is 2.28. The zero-order chi connectivity index (χ0) is 12.7. The van der Waals surface area contributed by atoms with Crippen molar-refractivity contribution in [2.45, 2.75) is 39.8 Å². The van der Waals surface area contributed by atoms with E-state index in [2.05, 4.69) is 48.1 Å². The van der Waals surface area contributed by atoms with Gasteiger partial charge in [0.1, 0.15) is 5.82 Å². The zero-order valence-electron chi connectivity index (χ0n) is 11.4.